The van der Waals surface area contributed by atoms with Crippen LogP contribution in [0.15, 0.2) is 29.2 Å². The number of aliphatic hydroxyl groups is 1. The van der Waals surface area contributed by atoms with Gasteiger partial charge in [0.05, 0.1) is 13.7 Å². The van der Waals surface area contributed by atoms with Crippen molar-refractivity contribution in [1.29, 1.82) is 0 Å². The average Bonchev–Trinajstić information content (AvgIpc) is 3.19. The summed E-state index contributed by atoms with van der Waals surface area (Å²) in [7, 11) is -2.15. The maximum absolute atomic E-state index is 12.5. The van der Waals surface area contributed by atoms with Gasteiger partial charge in [0, 0.05) is 12.6 Å². The Kier molecular flexibility index (Phi) is 3.89. The highest BCUT2D eigenvalue weighted by Gasteiger charge is 2.38. The monoisotopic (exact) mass is 271 g/mol. The summed E-state index contributed by atoms with van der Waals surface area (Å²) >= 11 is 0. The van der Waals surface area contributed by atoms with Gasteiger partial charge in [0.15, 0.2) is 0 Å². The number of nitrogens with zero attached hydrogens (tertiary/aromatic N) is 1. The van der Waals surface area contributed by atoms with E-state index in [1.165, 1.54) is 17.5 Å². The van der Waals surface area contributed by atoms with Gasteiger partial charge in [-0.3, -0.25) is 0 Å². The number of benzene rings is 1. The number of hydrogen-bond donors (Lipinski definition) is 1. The lowest BCUT2D eigenvalue weighted by molar-refractivity contribution is 0.250. The van der Waals surface area contributed by atoms with E-state index in [2.05, 4.69) is 0 Å². The van der Waals surface area contributed by atoms with Crippen molar-refractivity contribution in [2.75, 3.05) is 20.3 Å². The molecule has 2 rings (SSSR count). The minimum Gasteiger partial charge on any atom is -0.495 e. The Morgan fingerprint density at radius 1 is 1.39 bits per heavy atom. The SMILES string of the molecule is COc1ccccc1S(=O)(=O)N(CCO)C1CC1. The fraction of sp³-hybridized carbons (Fsp3) is 0.500. The highest BCUT2D eigenvalue weighted by molar-refractivity contribution is 7.89. The molecule has 1 aliphatic rings. The van der Waals surface area contributed by atoms with Crippen LogP contribution in [-0.4, -0.2) is 44.1 Å². The molecule has 1 aliphatic carbocycles. The fourth-order valence-electron chi connectivity index (χ4n) is 1.92. The van der Waals surface area contributed by atoms with Gasteiger partial charge in [0.2, 0.25) is 10.0 Å². The Hall–Kier alpha value is -1.11. The molecule has 100 valence electrons. The van der Waals surface area contributed by atoms with E-state index < -0.39 is 10.0 Å². The second-order valence-corrected chi connectivity index (χ2v) is 6.08. The van der Waals surface area contributed by atoms with Crippen molar-refractivity contribution in [3.63, 3.8) is 0 Å². The number of ether oxygens (including phenoxy) is 1. The van der Waals surface area contributed by atoms with Crippen LogP contribution in [-0.2, 0) is 10.0 Å². The lowest BCUT2D eigenvalue weighted by Gasteiger charge is -2.21. The number of para-hydroxylation sites is 1. The van der Waals surface area contributed by atoms with E-state index in [4.69, 9.17) is 9.84 Å². The van der Waals surface area contributed by atoms with Crippen LogP contribution in [0, 0.1) is 0 Å². The van der Waals surface area contributed by atoms with Crippen molar-refractivity contribution in [1.82, 2.24) is 4.31 Å². The maximum atomic E-state index is 12.5. The summed E-state index contributed by atoms with van der Waals surface area (Å²) in [5.41, 5.74) is 0. The third-order valence-electron chi connectivity index (χ3n) is 2.93. The predicted molar refractivity (Wildman–Crippen MR) is 67.0 cm³/mol. The molecule has 1 fully saturated rings. The fourth-order valence-corrected chi connectivity index (χ4v) is 3.75. The van der Waals surface area contributed by atoms with E-state index >= 15 is 0 Å². The van der Waals surface area contributed by atoms with Crippen LogP contribution < -0.4 is 4.74 Å². The van der Waals surface area contributed by atoms with Crippen LogP contribution in [0.4, 0.5) is 0 Å². The largest absolute Gasteiger partial charge is 0.495 e. The smallest absolute Gasteiger partial charge is 0.247 e. The average molecular weight is 271 g/mol. The van der Waals surface area contributed by atoms with Crippen LogP contribution in [0.25, 0.3) is 0 Å². The lowest BCUT2D eigenvalue weighted by atomic mass is 10.3. The molecule has 6 heteroatoms. The van der Waals surface area contributed by atoms with Crippen molar-refractivity contribution < 1.29 is 18.3 Å². The van der Waals surface area contributed by atoms with Crippen LogP contribution in [0.5, 0.6) is 5.75 Å². The van der Waals surface area contributed by atoms with Gasteiger partial charge >= 0.3 is 0 Å². The quantitative estimate of drug-likeness (QED) is 0.832. The second-order valence-electron chi connectivity index (χ2n) is 4.22. The van der Waals surface area contributed by atoms with E-state index in [9.17, 15) is 8.42 Å². The first kappa shape index (κ1) is 13.3. The summed E-state index contributed by atoms with van der Waals surface area (Å²) in [6.45, 7) is -0.0457. The van der Waals surface area contributed by atoms with Gasteiger partial charge in [-0.1, -0.05) is 12.1 Å². The normalized spacial score (nSPS) is 15.9. The van der Waals surface area contributed by atoms with Gasteiger partial charge in [0.1, 0.15) is 10.6 Å². The third-order valence-corrected chi connectivity index (χ3v) is 4.92. The molecule has 0 unspecified atom stereocenters. The molecule has 0 aromatic heterocycles. The molecule has 0 aliphatic heterocycles. The highest BCUT2D eigenvalue weighted by Crippen LogP contribution is 2.34. The molecule has 0 amide bonds. The van der Waals surface area contributed by atoms with E-state index in [-0.39, 0.29) is 24.1 Å². The molecule has 1 aromatic rings. The highest BCUT2D eigenvalue weighted by atomic mass is 32.2. The summed E-state index contributed by atoms with van der Waals surface area (Å²) < 4.78 is 31.5. The van der Waals surface area contributed by atoms with Gasteiger partial charge < -0.3 is 9.84 Å². The van der Waals surface area contributed by atoms with Crippen molar-refractivity contribution in [3.05, 3.63) is 24.3 Å². The molecular weight excluding hydrogens is 254 g/mol. The third kappa shape index (κ3) is 2.50. The zero-order chi connectivity index (χ0) is 13.2. The molecule has 0 saturated heterocycles. The van der Waals surface area contributed by atoms with Gasteiger partial charge in [-0.2, -0.15) is 4.31 Å². The molecule has 18 heavy (non-hydrogen) atoms. The Labute approximate surface area is 107 Å². The van der Waals surface area contributed by atoms with Gasteiger partial charge in [-0.15, -0.1) is 0 Å². The summed E-state index contributed by atoms with van der Waals surface area (Å²) in [5.74, 6) is 0.334. The molecule has 0 spiro atoms. The van der Waals surface area contributed by atoms with Gasteiger partial charge in [0.25, 0.3) is 0 Å². The number of rotatable bonds is 6. The lowest BCUT2D eigenvalue weighted by Crippen LogP contribution is -2.35. The Bertz CT molecular complexity index is 511. The number of methoxy groups -OCH3 is 1. The van der Waals surface area contributed by atoms with Crippen LogP contribution >= 0.6 is 0 Å². The molecule has 1 aromatic carbocycles. The Balaban J connectivity index is 2.39. The first-order valence-electron chi connectivity index (χ1n) is 5.87. The minimum atomic E-state index is -3.59. The first-order valence-corrected chi connectivity index (χ1v) is 7.31. The Morgan fingerprint density at radius 3 is 2.61 bits per heavy atom. The molecule has 0 radical (unpaired) electrons. The predicted octanol–water partition coefficient (Wildman–Crippen LogP) is 0.841. The molecule has 1 saturated carbocycles. The molecule has 0 bridgehead atoms. The standard InChI is InChI=1S/C12H17NO4S/c1-17-11-4-2-3-5-12(11)18(15,16)13(8-9-14)10-6-7-10/h2-5,10,14H,6-9H2,1H3. The summed E-state index contributed by atoms with van der Waals surface area (Å²) in [5, 5.41) is 9.01. The zero-order valence-electron chi connectivity index (χ0n) is 10.2. The first-order chi connectivity index (χ1) is 8.61. The van der Waals surface area contributed by atoms with E-state index in [1.54, 1.807) is 18.2 Å². The van der Waals surface area contributed by atoms with Crippen molar-refractivity contribution in [3.8, 4) is 5.75 Å². The second kappa shape index (κ2) is 5.26. The van der Waals surface area contributed by atoms with Crippen molar-refractivity contribution in [2.24, 2.45) is 0 Å². The zero-order valence-corrected chi connectivity index (χ0v) is 11.1. The van der Waals surface area contributed by atoms with E-state index in [0.29, 0.717) is 5.75 Å². The van der Waals surface area contributed by atoms with Crippen LogP contribution in [0.3, 0.4) is 0 Å². The van der Waals surface area contributed by atoms with Gasteiger partial charge in [-0.25, -0.2) is 8.42 Å². The van der Waals surface area contributed by atoms with E-state index in [1.807, 2.05) is 0 Å². The van der Waals surface area contributed by atoms with Crippen molar-refractivity contribution in [2.45, 2.75) is 23.8 Å². The minimum absolute atomic E-state index is 0.0204. The molecule has 5 nitrogen and oxygen atoms in total. The maximum Gasteiger partial charge on any atom is 0.247 e. The molecular formula is C12H17NO4S. The van der Waals surface area contributed by atoms with Crippen LogP contribution in [0.1, 0.15) is 12.8 Å². The number of sulfonamides is 1. The van der Waals surface area contributed by atoms with E-state index in [0.717, 1.165) is 12.8 Å². The topological polar surface area (TPSA) is 66.8 Å². The summed E-state index contributed by atoms with van der Waals surface area (Å²) in [4.78, 5) is 0.160. The summed E-state index contributed by atoms with van der Waals surface area (Å²) in [6, 6.07) is 6.56. The van der Waals surface area contributed by atoms with Crippen molar-refractivity contribution >= 4 is 10.0 Å². The Morgan fingerprint density at radius 2 is 2.06 bits per heavy atom. The summed E-state index contributed by atoms with van der Waals surface area (Å²) in [6.07, 6.45) is 1.71. The van der Waals surface area contributed by atoms with Gasteiger partial charge in [-0.05, 0) is 25.0 Å². The molecule has 0 atom stereocenters. The molecule has 1 N–H and O–H groups in total. The van der Waals surface area contributed by atoms with Crippen LogP contribution in [0.2, 0.25) is 0 Å². The number of aliphatic hydroxyl groups excluding tert-OH is 1. The number of hydrogen-bond acceptors (Lipinski definition) is 4. The molecule has 0 heterocycles.